The molecular formula is C19H27NO2. The van der Waals surface area contributed by atoms with Crippen LogP contribution in [0.25, 0.3) is 0 Å². The van der Waals surface area contributed by atoms with Gasteiger partial charge in [0.05, 0.1) is 12.0 Å². The minimum absolute atomic E-state index is 0.135. The maximum absolute atomic E-state index is 10.8. The lowest BCUT2D eigenvalue weighted by Gasteiger charge is -2.32. The van der Waals surface area contributed by atoms with E-state index in [2.05, 4.69) is 30.9 Å². The molecule has 4 unspecified atom stereocenters. The number of hydrogen-bond acceptors (Lipinski definition) is 3. The summed E-state index contributed by atoms with van der Waals surface area (Å²) in [5.74, 6) is 0.590. The summed E-state index contributed by atoms with van der Waals surface area (Å²) in [5.41, 5.74) is 5.10. The van der Waals surface area contributed by atoms with Crippen molar-refractivity contribution in [2.24, 2.45) is 0 Å². The van der Waals surface area contributed by atoms with Crippen molar-refractivity contribution in [3.8, 4) is 0 Å². The zero-order chi connectivity index (χ0) is 15.4. The van der Waals surface area contributed by atoms with Crippen LogP contribution in [0.5, 0.6) is 0 Å². The molecule has 3 fully saturated rings. The van der Waals surface area contributed by atoms with Gasteiger partial charge in [-0.05, 0) is 67.7 Å². The third-order valence-corrected chi connectivity index (χ3v) is 6.01. The van der Waals surface area contributed by atoms with Gasteiger partial charge in [-0.1, -0.05) is 18.6 Å². The first-order valence-electron chi connectivity index (χ1n) is 8.81. The molecule has 3 aliphatic rings. The van der Waals surface area contributed by atoms with E-state index < -0.39 is 12.3 Å². The van der Waals surface area contributed by atoms with Gasteiger partial charge >= 0.3 is 0 Å². The van der Waals surface area contributed by atoms with Crippen molar-refractivity contribution in [1.29, 1.82) is 0 Å². The van der Waals surface area contributed by atoms with Crippen molar-refractivity contribution in [2.45, 2.75) is 76.2 Å². The number of aliphatic hydroxyl groups excluding tert-OH is 2. The van der Waals surface area contributed by atoms with Crippen LogP contribution in [0.4, 0.5) is 0 Å². The monoisotopic (exact) mass is 301 g/mol. The van der Waals surface area contributed by atoms with Gasteiger partial charge in [-0.2, -0.15) is 0 Å². The highest BCUT2D eigenvalue weighted by molar-refractivity contribution is 5.44. The second-order valence-corrected chi connectivity index (χ2v) is 7.57. The summed E-state index contributed by atoms with van der Waals surface area (Å²) in [6, 6.07) is 4.71. The minimum atomic E-state index is -0.538. The predicted octanol–water partition coefficient (Wildman–Crippen LogP) is 2.81. The van der Waals surface area contributed by atoms with Crippen molar-refractivity contribution in [1.82, 2.24) is 4.90 Å². The van der Waals surface area contributed by atoms with Crippen molar-refractivity contribution >= 4 is 0 Å². The molecule has 0 bridgehead atoms. The van der Waals surface area contributed by atoms with Crippen molar-refractivity contribution in [3.63, 3.8) is 0 Å². The summed E-state index contributed by atoms with van der Waals surface area (Å²) in [7, 11) is 0. The van der Waals surface area contributed by atoms with Gasteiger partial charge in [-0.25, -0.2) is 0 Å². The van der Waals surface area contributed by atoms with E-state index in [9.17, 15) is 10.2 Å². The van der Waals surface area contributed by atoms with Crippen LogP contribution in [0.15, 0.2) is 12.1 Å². The van der Waals surface area contributed by atoms with Crippen LogP contribution in [0.1, 0.15) is 66.2 Å². The Balaban J connectivity index is 1.71. The molecule has 3 nitrogen and oxygen atoms in total. The quantitative estimate of drug-likeness (QED) is 0.883. The molecule has 2 saturated heterocycles. The second kappa shape index (κ2) is 5.33. The van der Waals surface area contributed by atoms with Crippen LogP contribution in [0.3, 0.4) is 0 Å². The van der Waals surface area contributed by atoms with Crippen LogP contribution in [-0.4, -0.2) is 40.0 Å². The lowest BCUT2D eigenvalue weighted by molar-refractivity contribution is -0.00615. The van der Waals surface area contributed by atoms with Gasteiger partial charge in [0.1, 0.15) is 6.23 Å². The van der Waals surface area contributed by atoms with Gasteiger partial charge in [-0.15, -0.1) is 0 Å². The first-order valence-corrected chi connectivity index (χ1v) is 8.81. The van der Waals surface area contributed by atoms with Crippen LogP contribution >= 0.6 is 0 Å². The molecule has 2 aliphatic heterocycles. The fourth-order valence-corrected chi connectivity index (χ4v) is 4.80. The molecule has 2 heterocycles. The zero-order valence-electron chi connectivity index (χ0n) is 13.6. The molecular weight excluding hydrogens is 274 g/mol. The predicted molar refractivity (Wildman–Crippen MR) is 87.0 cm³/mol. The molecule has 1 saturated carbocycles. The Kier molecular flexibility index (Phi) is 3.55. The number of nitrogens with zero attached hydrogens (tertiary/aromatic N) is 1. The topological polar surface area (TPSA) is 43.7 Å². The van der Waals surface area contributed by atoms with Gasteiger partial charge in [0, 0.05) is 12.6 Å². The normalized spacial score (nSPS) is 35.6. The van der Waals surface area contributed by atoms with E-state index in [1.165, 1.54) is 35.1 Å². The summed E-state index contributed by atoms with van der Waals surface area (Å²) < 4.78 is 0. The van der Waals surface area contributed by atoms with Crippen LogP contribution < -0.4 is 0 Å². The van der Waals surface area contributed by atoms with E-state index in [1.54, 1.807) is 0 Å². The van der Waals surface area contributed by atoms with Crippen LogP contribution in [0, 0.1) is 13.8 Å². The Morgan fingerprint density at radius 1 is 1.00 bits per heavy atom. The highest BCUT2D eigenvalue weighted by Crippen LogP contribution is 2.45. The zero-order valence-corrected chi connectivity index (χ0v) is 13.6. The van der Waals surface area contributed by atoms with Gasteiger partial charge < -0.3 is 10.2 Å². The standard InChI is InChI=1S/C19H27NO2/c1-11-9-14(13-6-7-13)10-12(2)16(11)17-18(21)15-5-3-4-8-20(15)19(17)22/h9-10,13,15,17-19,21-22H,3-8H2,1-2H3. The largest absolute Gasteiger partial charge is 0.391 e. The highest BCUT2D eigenvalue weighted by Gasteiger charge is 2.49. The van der Waals surface area contributed by atoms with Crippen molar-refractivity contribution in [3.05, 3.63) is 34.4 Å². The Morgan fingerprint density at radius 3 is 2.27 bits per heavy atom. The first kappa shape index (κ1) is 14.7. The molecule has 120 valence electrons. The fraction of sp³-hybridized carbons (Fsp3) is 0.684. The molecule has 4 rings (SSSR count). The molecule has 0 aromatic heterocycles. The van der Waals surface area contributed by atoms with Crippen molar-refractivity contribution in [2.75, 3.05) is 6.54 Å². The molecule has 0 radical (unpaired) electrons. The van der Waals surface area contributed by atoms with Crippen molar-refractivity contribution < 1.29 is 10.2 Å². The summed E-state index contributed by atoms with van der Waals surface area (Å²) >= 11 is 0. The summed E-state index contributed by atoms with van der Waals surface area (Å²) in [4.78, 5) is 2.13. The average molecular weight is 301 g/mol. The van der Waals surface area contributed by atoms with Gasteiger partial charge in [-0.3, -0.25) is 4.90 Å². The Labute approximate surface area is 133 Å². The number of aliphatic hydroxyl groups is 2. The lowest BCUT2D eigenvalue weighted by Crippen LogP contribution is -2.42. The minimum Gasteiger partial charge on any atom is -0.391 e. The molecule has 0 spiro atoms. The summed E-state index contributed by atoms with van der Waals surface area (Å²) in [5, 5.41) is 21.7. The fourth-order valence-electron chi connectivity index (χ4n) is 4.80. The number of fused-ring (bicyclic) bond motifs is 1. The van der Waals surface area contributed by atoms with Gasteiger partial charge in [0.15, 0.2) is 0 Å². The molecule has 0 amide bonds. The van der Waals surface area contributed by atoms with Gasteiger partial charge in [0.2, 0.25) is 0 Å². The Hall–Kier alpha value is -0.900. The average Bonchev–Trinajstić information content (AvgIpc) is 3.31. The van der Waals surface area contributed by atoms with E-state index in [4.69, 9.17) is 0 Å². The summed E-state index contributed by atoms with van der Waals surface area (Å²) in [6.07, 6.45) is 4.93. The Morgan fingerprint density at radius 2 is 1.68 bits per heavy atom. The molecule has 4 atom stereocenters. The molecule has 1 aromatic carbocycles. The molecule has 2 N–H and O–H groups in total. The molecule has 3 heteroatoms. The molecule has 1 aromatic rings. The highest BCUT2D eigenvalue weighted by atomic mass is 16.3. The van der Waals surface area contributed by atoms with E-state index in [0.717, 1.165) is 31.7 Å². The SMILES string of the molecule is Cc1cc(C2CC2)cc(C)c1C1C(O)C2CCCCN2C1O. The van der Waals surface area contributed by atoms with E-state index in [-0.39, 0.29) is 12.0 Å². The van der Waals surface area contributed by atoms with E-state index >= 15 is 0 Å². The van der Waals surface area contributed by atoms with Gasteiger partial charge in [0.25, 0.3) is 0 Å². The maximum Gasteiger partial charge on any atom is 0.117 e. The smallest absolute Gasteiger partial charge is 0.117 e. The van der Waals surface area contributed by atoms with E-state index in [0.29, 0.717) is 0 Å². The molecule has 1 aliphatic carbocycles. The maximum atomic E-state index is 10.8. The number of benzene rings is 1. The number of piperidine rings is 1. The molecule has 22 heavy (non-hydrogen) atoms. The third kappa shape index (κ3) is 2.22. The van der Waals surface area contributed by atoms with Crippen LogP contribution in [0.2, 0.25) is 0 Å². The van der Waals surface area contributed by atoms with E-state index in [1.807, 2.05) is 0 Å². The summed E-state index contributed by atoms with van der Waals surface area (Å²) in [6.45, 7) is 5.20. The Bertz CT molecular complexity index is 540. The number of rotatable bonds is 2. The number of aryl methyl sites for hydroxylation is 2. The van der Waals surface area contributed by atoms with Crippen LogP contribution in [-0.2, 0) is 0 Å². The second-order valence-electron chi connectivity index (χ2n) is 7.57. The lowest BCUT2D eigenvalue weighted by atomic mass is 9.84. The number of hydrogen-bond donors (Lipinski definition) is 2. The third-order valence-electron chi connectivity index (χ3n) is 6.01. The first-order chi connectivity index (χ1) is 10.6.